The maximum Gasteiger partial charge on any atom is 0.227 e. The molecule has 1 N–H and O–H groups in total. The molecule has 3 heterocycles. The third kappa shape index (κ3) is 4.33. The van der Waals surface area contributed by atoms with E-state index in [1.807, 2.05) is 40.1 Å². The van der Waals surface area contributed by atoms with Gasteiger partial charge in [-0.25, -0.2) is 4.98 Å². The maximum atomic E-state index is 12.9. The van der Waals surface area contributed by atoms with E-state index in [9.17, 15) is 9.59 Å². The summed E-state index contributed by atoms with van der Waals surface area (Å²) in [6.07, 6.45) is 2.09. The Balaban J connectivity index is 1.32. The zero-order valence-electron chi connectivity index (χ0n) is 17.2. The molecule has 2 aliphatic heterocycles. The van der Waals surface area contributed by atoms with Crippen molar-refractivity contribution in [3.63, 3.8) is 0 Å². The van der Waals surface area contributed by atoms with Gasteiger partial charge in [-0.1, -0.05) is 44.2 Å². The van der Waals surface area contributed by atoms with Crippen molar-refractivity contribution in [1.82, 2.24) is 25.0 Å². The first-order valence-corrected chi connectivity index (χ1v) is 10.6. The molecule has 1 unspecified atom stereocenters. The molecule has 1 aromatic heterocycles. The number of hydrogen-bond acceptors (Lipinski definition) is 4. The number of likely N-dealkylation sites (tertiary alicyclic amines) is 2. The number of aromatic amines is 1. The summed E-state index contributed by atoms with van der Waals surface area (Å²) < 4.78 is 0. The minimum Gasteiger partial charge on any atom is -0.342 e. The summed E-state index contributed by atoms with van der Waals surface area (Å²) in [5, 5.41) is 7.45. The smallest absolute Gasteiger partial charge is 0.227 e. The van der Waals surface area contributed by atoms with E-state index in [2.05, 4.69) is 29.0 Å². The highest BCUT2D eigenvalue weighted by Gasteiger charge is 2.37. The van der Waals surface area contributed by atoms with E-state index < -0.39 is 0 Å². The van der Waals surface area contributed by atoms with Gasteiger partial charge in [0.1, 0.15) is 5.82 Å². The van der Waals surface area contributed by atoms with Crippen molar-refractivity contribution in [3.05, 3.63) is 36.2 Å². The second-order valence-corrected chi connectivity index (χ2v) is 8.60. The van der Waals surface area contributed by atoms with Crippen LogP contribution in [0.15, 0.2) is 30.3 Å². The van der Waals surface area contributed by atoms with Crippen LogP contribution in [0.4, 0.5) is 0 Å². The number of carbonyl (C=O) groups is 2. The van der Waals surface area contributed by atoms with E-state index in [0.29, 0.717) is 37.8 Å². The summed E-state index contributed by atoms with van der Waals surface area (Å²) in [4.78, 5) is 33.6. The third-order valence-electron chi connectivity index (χ3n) is 5.88. The molecule has 7 nitrogen and oxygen atoms in total. The van der Waals surface area contributed by atoms with Gasteiger partial charge in [-0.3, -0.25) is 14.7 Å². The SMILES string of the molecule is CC(C)CN1CC(C(=O)N2CCC(c3nc(-c4ccccc4)n[nH]3)CC2)CC1=O. The van der Waals surface area contributed by atoms with Crippen LogP contribution in [0.25, 0.3) is 11.4 Å². The summed E-state index contributed by atoms with van der Waals surface area (Å²) >= 11 is 0. The van der Waals surface area contributed by atoms with Gasteiger partial charge in [0, 0.05) is 44.1 Å². The number of piperidine rings is 1. The second-order valence-electron chi connectivity index (χ2n) is 8.60. The van der Waals surface area contributed by atoms with Crippen molar-refractivity contribution < 1.29 is 9.59 Å². The molecule has 2 aromatic rings. The molecular formula is C22H29N5O2. The summed E-state index contributed by atoms with van der Waals surface area (Å²) in [5.41, 5.74) is 1.000. The van der Waals surface area contributed by atoms with Crippen molar-refractivity contribution in [1.29, 1.82) is 0 Å². The number of hydrogen-bond donors (Lipinski definition) is 1. The van der Waals surface area contributed by atoms with Crippen LogP contribution in [0.3, 0.4) is 0 Å². The average molecular weight is 396 g/mol. The molecule has 2 aliphatic rings. The zero-order chi connectivity index (χ0) is 20.4. The number of benzene rings is 1. The third-order valence-corrected chi connectivity index (χ3v) is 5.88. The number of nitrogens with zero attached hydrogens (tertiary/aromatic N) is 4. The average Bonchev–Trinajstić information content (AvgIpc) is 3.36. The fraction of sp³-hybridized carbons (Fsp3) is 0.545. The molecule has 29 heavy (non-hydrogen) atoms. The number of nitrogens with one attached hydrogen (secondary N) is 1. The molecule has 1 aromatic carbocycles. The quantitative estimate of drug-likeness (QED) is 0.844. The first kappa shape index (κ1) is 19.6. The highest BCUT2D eigenvalue weighted by Crippen LogP contribution is 2.29. The normalized spacial score (nSPS) is 20.7. The molecular weight excluding hydrogens is 366 g/mol. The van der Waals surface area contributed by atoms with E-state index in [1.165, 1.54) is 0 Å². The van der Waals surface area contributed by atoms with Crippen LogP contribution < -0.4 is 0 Å². The van der Waals surface area contributed by atoms with Crippen LogP contribution in [-0.2, 0) is 9.59 Å². The maximum absolute atomic E-state index is 12.9. The Morgan fingerprint density at radius 2 is 1.93 bits per heavy atom. The van der Waals surface area contributed by atoms with Gasteiger partial charge in [0.2, 0.25) is 11.8 Å². The molecule has 4 rings (SSSR count). The number of H-pyrrole nitrogens is 1. The summed E-state index contributed by atoms with van der Waals surface area (Å²) in [6.45, 7) is 6.91. The molecule has 0 radical (unpaired) electrons. The lowest BCUT2D eigenvalue weighted by atomic mass is 9.95. The first-order chi connectivity index (χ1) is 14.0. The monoisotopic (exact) mass is 395 g/mol. The van der Waals surface area contributed by atoms with Gasteiger partial charge in [0.25, 0.3) is 0 Å². The molecule has 0 spiro atoms. The van der Waals surface area contributed by atoms with E-state index in [-0.39, 0.29) is 23.7 Å². The fourth-order valence-corrected chi connectivity index (χ4v) is 4.36. The first-order valence-electron chi connectivity index (χ1n) is 10.6. The van der Waals surface area contributed by atoms with Crippen LogP contribution in [-0.4, -0.2) is 63.0 Å². The summed E-state index contributed by atoms with van der Waals surface area (Å²) in [5.74, 6) is 2.38. The fourth-order valence-electron chi connectivity index (χ4n) is 4.36. The van der Waals surface area contributed by atoms with Crippen molar-refractivity contribution in [2.75, 3.05) is 26.2 Å². The minimum absolute atomic E-state index is 0.113. The van der Waals surface area contributed by atoms with E-state index in [4.69, 9.17) is 0 Å². The van der Waals surface area contributed by atoms with Crippen LogP contribution in [0.1, 0.15) is 44.9 Å². The Morgan fingerprint density at radius 3 is 2.62 bits per heavy atom. The van der Waals surface area contributed by atoms with Crippen LogP contribution in [0.5, 0.6) is 0 Å². The van der Waals surface area contributed by atoms with Crippen molar-refractivity contribution >= 4 is 11.8 Å². The number of rotatable bonds is 5. The van der Waals surface area contributed by atoms with Gasteiger partial charge < -0.3 is 9.80 Å². The summed E-state index contributed by atoms with van der Waals surface area (Å²) in [6, 6.07) is 9.93. The Morgan fingerprint density at radius 1 is 1.21 bits per heavy atom. The molecule has 0 saturated carbocycles. The van der Waals surface area contributed by atoms with Crippen molar-refractivity contribution in [3.8, 4) is 11.4 Å². The van der Waals surface area contributed by atoms with Crippen LogP contribution in [0.2, 0.25) is 0 Å². The Hall–Kier alpha value is -2.70. The van der Waals surface area contributed by atoms with E-state index in [0.717, 1.165) is 30.8 Å². The van der Waals surface area contributed by atoms with Crippen molar-refractivity contribution in [2.24, 2.45) is 11.8 Å². The minimum atomic E-state index is -0.187. The van der Waals surface area contributed by atoms with Gasteiger partial charge in [0.15, 0.2) is 5.82 Å². The molecule has 0 bridgehead atoms. The molecule has 0 aliphatic carbocycles. The predicted molar refractivity (Wildman–Crippen MR) is 110 cm³/mol. The van der Waals surface area contributed by atoms with E-state index >= 15 is 0 Å². The lowest BCUT2D eigenvalue weighted by molar-refractivity contribution is -0.136. The highest BCUT2D eigenvalue weighted by molar-refractivity contribution is 5.89. The molecule has 2 fully saturated rings. The van der Waals surface area contributed by atoms with Gasteiger partial charge in [-0.05, 0) is 18.8 Å². The van der Waals surface area contributed by atoms with Gasteiger partial charge >= 0.3 is 0 Å². The standard InChI is InChI=1S/C22H29N5O2/c1-15(2)13-27-14-18(12-19(27)28)22(29)26-10-8-17(9-11-26)21-23-20(24-25-21)16-6-4-3-5-7-16/h3-7,15,17-18H,8-14H2,1-2H3,(H,23,24,25). The number of aromatic nitrogens is 3. The van der Waals surface area contributed by atoms with E-state index in [1.54, 1.807) is 0 Å². The van der Waals surface area contributed by atoms with Gasteiger partial charge in [-0.15, -0.1) is 0 Å². The molecule has 154 valence electrons. The lowest BCUT2D eigenvalue weighted by Crippen LogP contribution is -2.42. The Kier molecular flexibility index (Phi) is 5.65. The van der Waals surface area contributed by atoms with Gasteiger partial charge in [-0.2, -0.15) is 5.10 Å². The molecule has 2 saturated heterocycles. The van der Waals surface area contributed by atoms with Gasteiger partial charge in [0.05, 0.1) is 5.92 Å². The number of carbonyl (C=O) groups excluding carboxylic acids is 2. The Bertz CT molecular complexity index is 855. The van der Waals surface area contributed by atoms with Crippen LogP contribution in [0, 0.1) is 11.8 Å². The predicted octanol–water partition coefficient (Wildman–Crippen LogP) is 2.68. The molecule has 1 atom stereocenters. The Labute approximate surface area is 171 Å². The molecule has 7 heteroatoms. The molecule has 2 amide bonds. The number of amides is 2. The highest BCUT2D eigenvalue weighted by atomic mass is 16.2. The second kappa shape index (κ2) is 8.35. The topological polar surface area (TPSA) is 82.2 Å². The van der Waals surface area contributed by atoms with Crippen LogP contribution >= 0.6 is 0 Å². The summed E-state index contributed by atoms with van der Waals surface area (Å²) in [7, 11) is 0. The zero-order valence-corrected chi connectivity index (χ0v) is 17.2. The van der Waals surface area contributed by atoms with Crippen molar-refractivity contribution in [2.45, 2.75) is 39.0 Å². The lowest BCUT2D eigenvalue weighted by Gasteiger charge is -2.32. The largest absolute Gasteiger partial charge is 0.342 e.